The normalized spacial score (nSPS) is 11.1. The summed E-state index contributed by atoms with van der Waals surface area (Å²) < 4.78 is 16.1. The van der Waals surface area contributed by atoms with E-state index in [1.807, 2.05) is 24.3 Å². The smallest absolute Gasteiger partial charge is 0.264 e. The quantitative estimate of drug-likeness (QED) is 0.646. The lowest BCUT2D eigenvalue weighted by Gasteiger charge is -2.25. The number of carbonyl (C=O) groups excluding carboxylic acids is 1. The summed E-state index contributed by atoms with van der Waals surface area (Å²) in [4.78, 5) is 16.8. The second-order valence-electron chi connectivity index (χ2n) is 6.49. The SMILES string of the molecule is COc1ccc(-c2noc(CNC(=O)C(C)(C)Oc3ccc(Cl)cc3)n2)cc1. The number of amides is 1. The number of methoxy groups -OCH3 is 1. The van der Waals surface area contributed by atoms with Gasteiger partial charge < -0.3 is 19.3 Å². The molecule has 2 aromatic carbocycles. The standard InChI is InChI=1S/C20H20ClN3O4/c1-20(2,27-16-10-6-14(21)7-11-16)19(25)22-12-17-23-18(24-28-17)13-4-8-15(26-3)9-5-13/h4-11H,12H2,1-3H3,(H,22,25). The molecule has 3 aromatic rings. The number of hydrogen-bond acceptors (Lipinski definition) is 6. The van der Waals surface area contributed by atoms with Crippen LogP contribution in [0.3, 0.4) is 0 Å². The Morgan fingerprint density at radius 2 is 1.75 bits per heavy atom. The first-order valence-corrected chi connectivity index (χ1v) is 8.95. The van der Waals surface area contributed by atoms with E-state index in [9.17, 15) is 4.79 Å². The predicted molar refractivity (Wildman–Crippen MR) is 104 cm³/mol. The van der Waals surface area contributed by atoms with E-state index >= 15 is 0 Å². The molecule has 0 bridgehead atoms. The Morgan fingerprint density at radius 1 is 1.11 bits per heavy atom. The molecular weight excluding hydrogens is 382 g/mol. The van der Waals surface area contributed by atoms with Crippen molar-refractivity contribution in [2.75, 3.05) is 7.11 Å². The third kappa shape index (κ3) is 4.80. The lowest BCUT2D eigenvalue weighted by molar-refractivity contribution is -0.134. The molecule has 1 heterocycles. The Morgan fingerprint density at radius 3 is 2.39 bits per heavy atom. The van der Waals surface area contributed by atoms with Crippen LogP contribution in [0.25, 0.3) is 11.4 Å². The topological polar surface area (TPSA) is 86.5 Å². The van der Waals surface area contributed by atoms with E-state index in [0.717, 1.165) is 11.3 Å². The van der Waals surface area contributed by atoms with Crippen LogP contribution in [0.15, 0.2) is 53.1 Å². The summed E-state index contributed by atoms with van der Waals surface area (Å²) in [5.74, 6) is 1.70. The fourth-order valence-electron chi connectivity index (χ4n) is 2.40. The van der Waals surface area contributed by atoms with Gasteiger partial charge in [-0.25, -0.2) is 0 Å². The van der Waals surface area contributed by atoms with Crippen LogP contribution in [0.4, 0.5) is 0 Å². The van der Waals surface area contributed by atoms with Gasteiger partial charge in [0.05, 0.1) is 13.7 Å². The van der Waals surface area contributed by atoms with E-state index in [1.54, 1.807) is 45.2 Å². The van der Waals surface area contributed by atoms with Gasteiger partial charge in [-0.05, 0) is 62.4 Å². The van der Waals surface area contributed by atoms with E-state index in [4.69, 9.17) is 25.6 Å². The van der Waals surface area contributed by atoms with Gasteiger partial charge in [0.25, 0.3) is 5.91 Å². The lowest BCUT2D eigenvalue weighted by atomic mass is 10.1. The van der Waals surface area contributed by atoms with Gasteiger partial charge in [0, 0.05) is 10.6 Å². The van der Waals surface area contributed by atoms with Crippen molar-refractivity contribution in [3.8, 4) is 22.9 Å². The lowest BCUT2D eigenvalue weighted by Crippen LogP contribution is -2.46. The van der Waals surface area contributed by atoms with Crippen molar-refractivity contribution in [1.29, 1.82) is 0 Å². The number of nitrogens with one attached hydrogen (secondary N) is 1. The first kappa shape index (κ1) is 19.7. The number of hydrogen-bond donors (Lipinski definition) is 1. The van der Waals surface area contributed by atoms with Gasteiger partial charge in [0.15, 0.2) is 5.60 Å². The fraction of sp³-hybridized carbons (Fsp3) is 0.250. The van der Waals surface area contributed by atoms with Crippen LogP contribution in [0.2, 0.25) is 5.02 Å². The van der Waals surface area contributed by atoms with Crippen molar-refractivity contribution in [3.05, 3.63) is 59.4 Å². The highest BCUT2D eigenvalue weighted by molar-refractivity contribution is 6.30. The zero-order valence-corrected chi connectivity index (χ0v) is 16.5. The van der Waals surface area contributed by atoms with Gasteiger partial charge in [0.1, 0.15) is 11.5 Å². The molecule has 0 spiro atoms. The summed E-state index contributed by atoms with van der Waals surface area (Å²) >= 11 is 5.86. The summed E-state index contributed by atoms with van der Waals surface area (Å²) in [5, 5.41) is 7.28. The molecule has 1 aromatic heterocycles. The van der Waals surface area contributed by atoms with Crippen molar-refractivity contribution in [2.24, 2.45) is 0 Å². The monoisotopic (exact) mass is 401 g/mol. The number of nitrogens with zero attached hydrogens (tertiary/aromatic N) is 2. The maximum atomic E-state index is 12.5. The Balaban J connectivity index is 1.59. The molecule has 0 aliphatic carbocycles. The van der Waals surface area contributed by atoms with Crippen molar-refractivity contribution in [1.82, 2.24) is 15.5 Å². The molecule has 0 atom stereocenters. The van der Waals surface area contributed by atoms with Crippen LogP contribution < -0.4 is 14.8 Å². The Bertz CT molecular complexity index is 937. The molecule has 0 radical (unpaired) electrons. The van der Waals surface area contributed by atoms with Crippen molar-refractivity contribution < 1.29 is 18.8 Å². The molecule has 28 heavy (non-hydrogen) atoms. The van der Waals surface area contributed by atoms with E-state index in [2.05, 4.69) is 15.5 Å². The van der Waals surface area contributed by atoms with Gasteiger partial charge >= 0.3 is 0 Å². The summed E-state index contributed by atoms with van der Waals surface area (Å²) in [6.07, 6.45) is 0. The molecule has 0 fully saturated rings. The molecule has 0 saturated heterocycles. The van der Waals surface area contributed by atoms with E-state index < -0.39 is 5.60 Å². The van der Waals surface area contributed by atoms with E-state index in [-0.39, 0.29) is 12.5 Å². The molecule has 1 amide bonds. The highest BCUT2D eigenvalue weighted by Gasteiger charge is 2.30. The average molecular weight is 402 g/mol. The highest BCUT2D eigenvalue weighted by atomic mass is 35.5. The number of aromatic nitrogens is 2. The van der Waals surface area contributed by atoms with Gasteiger partial charge in [-0.2, -0.15) is 4.98 Å². The molecular formula is C20H20ClN3O4. The molecule has 0 unspecified atom stereocenters. The van der Waals surface area contributed by atoms with Crippen molar-refractivity contribution in [3.63, 3.8) is 0 Å². The van der Waals surface area contributed by atoms with Crippen LogP contribution in [0.1, 0.15) is 19.7 Å². The molecule has 0 aliphatic rings. The molecule has 0 saturated carbocycles. The van der Waals surface area contributed by atoms with E-state index in [0.29, 0.717) is 22.5 Å². The van der Waals surface area contributed by atoms with Gasteiger partial charge in [-0.15, -0.1) is 0 Å². The maximum Gasteiger partial charge on any atom is 0.264 e. The largest absolute Gasteiger partial charge is 0.497 e. The predicted octanol–water partition coefficient (Wildman–Crippen LogP) is 3.87. The number of carbonyl (C=O) groups is 1. The number of rotatable bonds is 7. The minimum Gasteiger partial charge on any atom is -0.497 e. The summed E-state index contributed by atoms with van der Waals surface area (Å²) in [7, 11) is 1.60. The third-order valence-electron chi connectivity index (χ3n) is 3.95. The van der Waals surface area contributed by atoms with Crippen LogP contribution >= 0.6 is 11.6 Å². The fourth-order valence-corrected chi connectivity index (χ4v) is 2.52. The minimum atomic E-state index is -1.09. The second kappa shape index (κ2) is 8.31. The second-order valence-corrected chi connectivity index (χ2v) is 6.93. The Hall–Kier alpha value is -3.06. The Labute approximate surface area is 167 Å². The molecule has 146 valence electrons. The van der Waals surface area contributed by atoms with Crippen LogP contribution in [0.5, 0.6) is 11.5 Å². The first-order chi connectivity index (χ1) is 13.4. The van der Waals surface area contributed by atoms with Crippen LogP contribution in [-0.4, -0.2) is 28.8 Å². The number of ether oxygens (including phenoxy) is 2. The third-order valence-corrected chi connectivity index (χ3v) is 4.20. The van der Waals surface area contributed by atoms with Crippen molar-refractivity contribution in [2.45, 2.75) is 26.0 Å². The minimum absolute atomic E-state index is 0.0927. The Kier molecular flexibility index (Phi) is 5.84. The summed E-state index contributed by atoms with van der Waals surface area (Å²) in [6, 6.07) is 14.1. The average Bonchev–Trinajstić information content (AvgIpc) is 3.17. The first-order valence-electron chi connectivity index (χ1n) is 8.57. The summed E-state index contributed by atoms with van der Waals surface area (Å²) in [5.41, 5.74) is -0.305. The number of benzene rings is 2. The number of halogens is 1. The van der Waals surface area contributed by atoms with Crippen LogP contribution in [-0.2, 0) is 11.3 Å². The molecule has 1 N–H and O–H groups in total. The van der Waals surface area contributed by atoms with E-state index in [1.165, 1.54) is 0 Å². The van der Waals surface area contributed by atoms with Gasteiger partial charge in [0.2, 0.25) is 11.7 Å². The van der Waals surface area contributed by atoms with Crippen molar-refractivity contribution >= 4 is 17.5 Å². The maximum absolute atomic E-state index is 12.5. The van der Waals surface area contributed by atoms with Crippen LogP contribution in [0, 0.1) is 0 Å². The van der Waals surface area contributed by atoms with Gasteiger partial charge in [-0.1, -0.05) is 16.8 Å². The zero-order valence-electron chi connectivity index (χ0n) is 15.7. The molecule has 0 aliphatic heterocycles. The van der Waals surface area contributed by atoms with Gasteiger partial charge in [-0.3, -0.25) is 4.79 Å². The molecule has 8 heteroatoms. The zero-order chi connectivity index (χ0) is 20.1. The molecule has 7 nitrogen and oxygen atoms in total. The summed E-state index contributed by atoms with van der Waals surface area (Å²) in [6.45, 7) is 3.44. The molecule has 3 rings (SSSR count). The highest BCUT2D eigenvalue weighted by Crippen LogP contribution is 2.22.